The number of nitrogens with zero attached hydrogens (tertiary/aromatic N) is 3. The van der Waals surface area contributed by atoms with Gasteiger partial charge in [0.15, 0.2) is 0 Å². The van der Waals surface area contributed by atoms with Gasteiger partial charge in [-0.15, -0.1) is 11.3 Å². The van der Waals surface area contributed by atoms with E-state index in [1.165, 1.54) is 0 Å². The molecule has 0 unspecified atom stereocenters. The second-order valence-electron chi connectivity index (χ2n) is 7.50. The fourth-order valence-corrected chi connectivity index (χ4v) is 4.59. The molecule has 0 aliphatic rings. The summed E-state index contributed by atoms with van der Waals surface area (Å²) in [5, 5.41) is 8.86. The third-order valence-electron chi connectivity index (χ3n) is 5.24. The molecule has 0 fully saturated rings. The summed E-state index contributed by atoms with van der Waals surface area (Å²) in [5.74, 6) is 0.00993. The first-order valence-corrected chi connectivity index (χ1v) is 11.4. The number of thiazole rings is 1. The number of nitrogens with one attached hydrogen (secondary N) is 1. The van der Waals surface area contributed by atoms with Crippen molar-refractivity contribution in [2.75, 3.05) is 0 Å². The van der Waals surface area contributed by atoms with Crippen LogP contribution in [0.1, 0.15) is 17.0 Å². The maximum absolute atomic E-state index is 12.6. The number of fused-ring (bicyclic) bond motifs is 1. The van der Waals surface area contributed by atoms with Gasteiger partial charge in [-0.3, -0.25) is 4.79 Å². The first-order valence-electron chi connectivity index (χ1n) is 10.6. The van der Waals surface area contributed by atoms with Crippen LogP contribution in [-0.4, -0.2) is 20.7 Å². The molecular weight excluding hydrogens is 416 g/mol. The molecular formula is C26H22N4OS. The third-order valence-corrected chi connectivity index (χ3v) is 6.33. The van der Waals surface area contributed by atoms with Crippen molar-refractivity contribution in [1.82, 2.24) is 20.1 Å². The molecule has 0 aliphatic heterocycles. The lowest BCUT2D eigenvalue weighted by molar-refractivity contribution is -0.121. The molecule has 32 heavy (non-hydrogen) atoms. The van der Waals surface area contributed by atoms with Gasteiger partial charge in [0.2, 0.25) is 5.91 Å². The maximum atomic E-state index is 12.6. The number of aryl methyl sites for hydroxylation is 1. The van der Waals surface area contributed by atoms with Crippen molar-refractivity contribution in [2.24, 2.45) is 0 Å². The SMILES string of the molecule is O=C(CCc1nc2ccccc2s1)NCc1cn(-c2ccccc2)nc1-c1ccccc1. The van der Waals surface area contributed by atoms with Crippen molar-refractivity contribution in [3.8, 4) is 16.9 Å². The van der Waals surface area contributed by atoms with Crippen LogP contribution in [0.5, 0.6) is 0 Å². The molecule has 158 valence electrons. The average molecular weight is 439 g/mol. The smallest absolute Gasteiger partial charge is 0.220 e. The Hall–Kier alpha value is -3.77. The number of para-hydroxylation sites is 2. The summed E-state index contributed by atoms with van der Waals surface area (Å²) in [4.78, 5) is 17.2. The van der Waals surface area contributed by atoms with E-state index in [1.807, 2.05) is 89.7 Å². The second-order valence-corrected chi connectivity index (χ2v) is 8.62. The van der Waals surface area contributed by atoms with Gasteiger partial charge in [-0.1, -0.05) is 60.7 Å². The average Bonchev–Trinajstić information content (AvgIpc) is 3.47. The predicted molar refractivity (Wildman–Crippen MR) is 129 cm³/mol. The minimum atomic E-state index is 0.00993. The summed E-state index contributed by atoms with van der Waals surface area (Å²) in [6.07, 6.45) is 3.04. The minimum absolute atomic E-state index is 0.00993. The number of amides is 1. The lowest BCUT2D eigenvalue weighted by atomic mass is 10.1. The van der Waals surface area contributed by atoms with E-state index in [0.29, 0.717) is 19.4 Å². The molecule has 0 bridgehead atoms. The molecule has 5 nitrogen and oxygen atoms in total. The number of benzene rings is 3. The van der Waals surface area contributed by atoms with Gasteiger partial charge in [0.05, 0.1) is 26.6 Å². The van der Waals surface area contributed by atoms with E-state index in [9.17, 15) is 4.79 Å². The van der Waals surface area contributed by atoms with Crippen molar-refractivity contribution < 1.29 is 4.79 Å². The Bertz CT molecular complexity index is 1310. The highest BCUT2D eigenvalue weighted by Gasteiger charge is 2.14. The topological polar surface area (TPSA) is 59.8 Å². The highest BCUT2D eigenvalue weighted by atomic mass is 32.1. The van der Waals surface area contributed by atoms with Crippen LogP contribution < -0.4 is 5.32 Å². The summed E-state index contributed by atoms with van der Waals surface area (Å²) in [6, 6.07) is 28.1. The third kappa shape index (κ3) is 4.45. The van der Waals surface area contributed by atoms with Gasteiger partial charge in [-0.2, -0.15) is 5.10 Å². The summed E-state index contributed by atoms with van der Waals surface area (Å²) in [5.41, 5.74) is 4.86. The number of rotatable bonds is 7. The first kappa shape index (κ1) is 20.2. The normalized spacial score (nSPS) is 11.0. The molecule has 5 aromatic rings. The van der Waals surface area contributed by atoms with Gasteiger partial charge in [0, 0.05) is 36.7 Å². The fraction of sp³-hybridized carbons (Fsp3) is 0.115. The van der Waals surface area contributed by atoms with Crippen LogP contribution in [0, 0.1) is 0 Å². The highest BCUT2D eigenvalue weighted by molar-refractivity contribution is 7.18. The van der Waals surface area contributed by atoms with E-state index in [2.05, 4.69) is 16.4 Å². The van der Waals surface area contributed by atoms with E-state index in [-0.39, 0.29) is 5.91 Å². The molecule has 0 spiro atoms. The molecule has 0 atom stereocenters. The van der Waals surface area contributed by atoms with Crippen LogP contribution in [0.3, 0.4) is 0 Å². The van der Waals surface area contributed by atoms with Crippen LogP contribution in [-0.2, 0) is 17.8 Å². The van der Waals surface area contributed by atoms with Gasteiger partial charge in [0.1, 0.15) is 0 Å². The molecule has 0 saturated carbocycles. The van der Waals surface area contributed by atoms with Crippen molar-refractivity contribution in [2.45, 2.75) is 19.4 Å². The number of carbonyl (C=O) groups excluding carboxylic acids is 1. The lowest BCUT2D eigenvalue weighted by Gasteiger charge is -2.05. The molecule has 0 radical (unpaired) electrons. The standard InChI is InChI=1S/C26H22N4OS/c31-24(15-16-25-28-22-13-7-8-14-23(22)32-25)27-17-20-18-30(21-11-5-2-6-12-21)29-26(20)19-9-3-1-4-10-19/h1-14,18H,15-17H2,(H,27,31). The summed E-state index contributed by atoms with van der Waals surface area (Å²) in [6.45, 7) is 0.426. The van der Waals surface area contributed by atoms with Crippen molar-refractivity contribution in [3.05, 3.63) is 102 Å². The lowest BCUT2D eigenvalue weighted by Crippen LogP contribution is -2.23. The van der Waals surface area contributed by atoms with Gasteiger partial charge in [-0.25, -0.2) is 9.67 Å². The van der Waals surface area contributed by atoms with Crippen LogP contribution in [0.2, 0.25) is 0 Å². The number of hydrogen-bond donors (Lipinski definition) is 1. The maximum Gasteiger partial charge on any atom is 0.220 e. The zero-order valence-electron chi connectivity index (χ0n) is 17.4. The Balaban J connectivity index is 1.29. The van der Waals surface area contributed by atoms with Gasteiger partial charge in [-0.05, 0) is 24.3 Å². The van der Waals surface area contributed by atoms with E-state index >= 15 is 0 Å². The Morgan fingerprint density at radius 3 is 2.41 bits per heavy atom. The fourth-order valence-electron chi connectivity index (χ4n) is 3.62. The van der Waals surface area contributed by atoms with Crippen LogP contribution >= 0.6 is 11.3 Å². The number of aromatic nitrogens is 3. The molecule has 2 aromatic heterocycles. The number of carbonyl (C=O) groups is 1. The summed E-state index contributed by atoms with van der Waals surface area (Å²) < 4.78 is 3.02. The van der Waals surface area contributed by atoms with E-state index < -0.39 is 0 Å². The van der Waals surface area contributed by atoms with E-state index in [4.69, 9.17) is 5.10 Å². The molecule has 6 heteroatoms. The Morgan fingerprint density at radius 2 is 1.62 bits per heavy atom. The van der Waals surface area contributed by atoms with E-state index in [1.54, 1.807) is 11.3 Å². The molecule has 1 amide bonds. The Kier molecular flexibility index (Phi) is 5.77. The Morgan fingerprint density at radius 1 is 0.906 bits per heavy atom. The van der Waals surface area contributed by atoms with Crippen molar-refractivity contribution in [3.63, 3.8) is 0 Å². The van der Waals surface area contributed by atoms with Gasteiger partial charge < -0.3 is 5.32 Å². The summed E-state index contributed by atoms with van der Waals surface area (Å²) >= 11 is 1.65. The molecule has 0 aliphatic carbocycles. The minimum Gasteiger partial charge on any atom is -0.352 e. The highest BCUT2D eigenvalue weighted by Crippen LogP contribution is 2.24. The van der Waals surface area contributed by atoms with Crippen molar-refractivity contribution in [1.29, 1.82) is 0 Å². The van der Waals surface area contributed by atoms with Crippen molar-refractivity contribution >= 4 is 27.5 Å². The van der Waals surface area contributed by atoms with E-state index in [0.717, 1.165) is 37.7 Å². The Labute approximate surface area is 190 Å². The molecule has 5 rings (SSSR count). The zero-order chi connectivity index (χ0) is 21.8. The summed E-state index contributed by atoms with van der Waals surface area (Å²) in [7, 11) is 0. The molecule has 1 N–H and O–H groups in total. The number of hydrogen-bond acceptors (Lipinski definition) is 4. The van der Waals surface area contributed by atoms with Gasteiger partial charge in [0.25, 0.3) is 0 Å². The quantitative estimate of drug-likeness (QED) is 0.370. The van der Waals surface area contributed by atoms with Crippen LogP contribution in [0.4, 0.5) is 0 Å². The molecule has 0 saturated heterocycles. The second kappa shape index (κ2) is 9.16. The largest absolute Gasteiger partial charge is 0.352 e. The van der Waals surface area contributed by atoms with Crippen LogP contribution in [0.15, 0.2) is 91.1 Å². The van der Waals surface area contributed by atoms with Gasteiger partial charge >= 0.3 is 0 Å². The molecule has 3 aromatic carbocycles. The molecule has 2 heterocycles. The monoisotopic (exact) mass is 438 g/mol. The van der Waals surface area contributed by atoms with Crippen LogP contribution in [0.25, 0.3) is 27.2 Å². The predicted octanol–water partition coefficient (Wildman–Crippen LogP) is 5.40. The first-order chi connectivity index (χ1) is 15.8. The zero-order valence-corrected chi connectivity index (χ0v) is 18.3.